The summed E-state index contributed by atoms with van der Waals surface area (Å²) in [7, 11) is 0. The van der Waals surface area contributed by atoms with Crippen molar-refractivity contribution >= 4 is 28.5 Å². The van der Waals surface area contributed by atoms with Gasteiger partial charge in [-0.05, 0) is 41.7 Å². The first-order valence-corrected chi connectivity index (χ1v) is 12.5. The van der Waals surface area contributed by atoms with Crippen molar-refractivity contribution < 1.29 is 19.5 Å². The van der Waals surface area contributed by atoms with Crippen LogP contribution in [0.4, 0.5) is 4.79 Å². The van der Waals surface area contributed by atoms with E-state index in [4.69, 9.17) is 0 Å². The predicted molar refractivity (Wildman–Crippen MR) is 137 cm³/mol. The maximum absolute atomic E-state index is 13.7. The van der Waals surface area contributed by atoms with Gasteiger partial charge in [0, 0.05) is 38.3 Å². The summed E-state index contributed by atoms with van der Waals surface area (Å²) in [5.41, 5.74) is 0.736. The number of aliphatic hydroxyl groups excluding tert-OH is 1. The normalized spacial score (nSPS) is 17.9. The van der Waals surface area contributed by atoms with Crippen LogP contribution in [0.15, 0.2) is 72.8 Å². The highest BCUT2D eigenvalue weighted by molar-refractivity contribution is 6.11. The van der Waals surface area contributed by atoms with Crippen LogP contribution in [0.5, 0.6) is 0 Å². The third-order valence-electron chi connectivity index (χ3n) is 7.47. The van der Waals surface area contributed by atoms with Gasteiger partial charge in [0.05, 0.1) is 6.54 Å². The summed E-state index contributed by atoms with van der Waals surface area (Å²) in [6.07, 6.45) is 1.41. The standard InChI is InChI=1S/C29H31N3O4/c33-18-6-15-32-28(36)31(21-26(34)25-12-11-23-9-4-5-10-24(23)19-25)27(35)29(32)13-16-30(17-14-29)20-22-7-2-1-3-8-22/h1-5,7-12,19,33H,6,13-18,20-21H2. The number of rotatable bonds is 8. The lowest BCUT2D eigenvalue weighted by atomic mass is 9.85. The number of likely N-dealkylation sites (tertiary alicyclic amines) is 1. The van der Waals surface area contributed by atoms with Gasteiger partial charge in [-0.2, -0.15) is 0 Å². The second-order valence-corrected chi connectivity index (χ2v) is 9.68. The zero-order chi connectivity index (χ0) is 25.1. The Morgan fingerprint density at radius 3 is 2.31 bits per heavy atom. The minimum Gasteiger partial charge on any atom is -0.396 e. The molecule has 7 nitrogen and oxygen atoms in total. The Bertz CT molecular complexity index is 1270. The SMILES string of the molecule is O=C(CN1C(=O)N(CCCO)C2(CCN(Cc3ccccc3)CC2)C1=O)c1ccc2ccccc2c1. The number of Topliss-reactive ketones (excluding diaryl/α,β-unsaturated/α-hetero) is 1. The summed E-state index contributed by atoms with van der Waals surface area (Å²) in [5.74, 6) is -0.554. The molecule has 0 aliphatic carbocycles. The molecule has 0 atom stereocenters. The number of fused-ring (bicyclic) bond motifs is 1. The van der Waals surface area contributed by atoms with Gasteiger partial charge in [-0.1, -0.05) is 66.7 Å². The maximum Gasteiger partial charge on any atom is 0.328 e. The number of nitrogens with zero attached hydrogens (tertiary/aromatic N) is 3. The van der Waals surface area contributed by atoms with E-state index in [1.165, 1.54) is 5.56 Å². The number of imide groups is 1. The molecular weight excluding hydrogens is 454 g/mol. The third kappa shape index (κ3) is 4.52. The second-order valence-electron chi connectivity index (χ2n) is 9.68. The summed E-state index contributed by atoms with van der Waals surface area (Å²) in [6, 6.07) is 23.0. The smallest absolute Gasteiger partial charge is 0.328 e. The fourth-order valence-corrected chi connectivity index (χ4v) is 5.46. The fraction of sp³-hybridized carbons (Fsp3) is 0.345. The van der Waals surface area contributed by atoms with Crippen molar-refractivity contribution in [3.05, 3.63) is 83.9 Å². The molecule has 3 amide bonds. The molecule has 36 heavy (non-hydrogen) atoms. The van der Waals surface area contributed by atoms with Gasteiger partial charge < -0.3 is 10.0 Å². The highest BCUT2D eigenvalue weighted by Crippen LogP contribution is 2.38. The largest absolute Gasteiger partial charge is 0.396 e. The van der Waals surface area contributed by atoms with Gasteiger partial charge in [-0.15, -0.1) is 0 Å². The van der Waals surface area contributed by atoms with Crippen LogP contribution < -0.4 is 0 Å². The van der Waals surface area contributed by atoms with E-state index in [0.717, 1.165) is 22.2 Å². The second kappa shape index (κ2) is 10.2. The molecule has 1 spiro atoms. The number of urea groups is 1. The quantitative estimate of drug-likeness (QED) is 0.389. The first-order valence-electron chi connectivity index (χ1n) is 12.5. The molecule has 0 radical (unpaired) electrons. The van der Waals surface area contributed by atoms with Crippen LogP contribution in [0, 0.1) is 0 Å². The highest BCUT2D eigenvalue weighted by Gasteiger charge is 2.57. The molecule has 2 saturated heterocycles. The van der Waals surface area contributed by atoms with E-state index in [-0.39, 0.29) is 24.8 Å². The molecule has 2 fully saturated rings. The van der Waals surface area contributed by atoms with Gasteiger partial charge in [0.25, 0.3) is 5.91 Å². The molecule has 2 heterocycles. The highest BCUT2D eigenvalue weighted by atomic mass is 16.3. The molecule has 5 rings (SSSR count). The van der Waals surface area contributed by atoms with Crippen molar-refractivity contribution in [3.8, 4) is 0 Å². The number of amides is 3. The minimum absolute atomic E-state index is 0.0653. The summed E-state index contributed by atoms with van der Waals surface area (Å²) in [4.78, 5) is 45.4. The van der Waals surface area contributed by atoms with Gasteiger partial charge in [-0.3, -0.25) is 19.4 Å². The first-order chi connectivity index (χ1) is 17.5. The van der Waals surface area contributed by atoms with Gasteiger partial charge in [0.15, 0.2) is 5.78 Å². The van der Waals surface area contributed by atoms with Crippen LogP contribution in [0.1, 0.15) is 35.2 Å². The van der Waals surface area contributed by atoms with E-state index in [0.29, 0.717) is 44.5 Å². The number of piperidine rings is 1. The summed E-state index contributed by atoms with van der Waals surface area (Å²) < 4.78 is 0. The Balaban J connectivity index is 1.33. The molecule has 1 N–H and O–H groups in total. The molecule has 7 heteroatoms. The Morgan fingerprint density at radius 1 is 0.889 bits per heavy atom. The lowest BCUT2D eigenvalue weighted by Gasteiger charge is -2.42. The first kappa shape index (κ1) is 24.2. The zero-order valence-corrected chi connectivity index (χ0v) is 20.3. The summed E-state index contributed by atoms with van der Waals surface area (Å²) in [6.45, 7) is 2.09. The van der Waals surface area contributed by atoms with Crippen molar-refractivity contribution in [1.29, 1.82) is 0 Å². The fourth-order valence-electron chi connectivity index (χ4n) is 5.46. The topological polar surface area (TPSA) is 81.2 Å². The molecule has 0 bridgehead atoms. The number of hydrogen-bond donors (Lipinski definition) is 1. The molecule has 3 aromatic carbocycles. The number of carbonyl (C=O) groups is 3. The summed E-state index contributed by atoms with van der Waals surface area (Å²) >= 11 is 0. The van der Waals surface area contributed by atoms with Crippen LogP contribution in [-0.4, -0.2) is 75.9 Å². The lowest BCUT2D eigenvalue weighted by molar-refractivity contribution is -0.135. The lowest BCUT2D eigenvalue weighted by Crippen LogP contribution is -2.56. The van der Waals surface area contributed by atoms with Gasteiger partial charge >= 0.3 is 6.03 Å². The number of aliphatic hydroxyl groups is 1. The summed E-state index contributed by atoms with van der Waals surface area (Å²) in [5, 5.41) is 11.4. The van der Waals surface area contributed by atoms with Gasteiger partial charge in [-0.25, -0.2) is 4.79 Å². The number of benzene rings is 3. The zero-order valence-electron chi connectivity index (χ0n) is 20.3. The minimum atomic E-state index is -0.955. The van der Waals surface area contributed by atoms with Crippen molar-refractivity contribution in [2.75, 3.05) is 32.8 Å². The number of ketones is 1. The van der Waals surface area contributed by atoms with Crippen molar-refractivity contribution in [3.63, 3.8) is 0 Å². The van der Waals surface area contributed by atoms with E-state index in [2.05, 4.69) is 17.0 Å². The van der Waals surface area contributed by atoms with E-state index in [1.807, 2.05) is 54.6 Å². The number of hydrogen-bond acceptors (Lipinski definition) is 5. The van der Waals surface area contributed by atoms with Crippen LogP contribution in [0.3, 0.4) is 0 Å². The van der Waals surface area contributed by atoms with Crippen LogP contribution in [0.2, 0.25) is 0 Å². The van der Waals surface area contributed by atoms with Gasteiger partial charge in [0.2, 0.25) is 0 Å². The monoisotopic (exact) mass is 485 g/mol. The average Bonchev–Trinajstić information content (AvgIpc) is 3.09. The van der Waals surface area contributed by atoms with E-state index in [9.17, 15) is 19.5 Å². The predicted octanol–water partition coefficient (Wildman–Crippen LogP) is 3.70. The third-order valence-corrected chi connectivity index (χ3v) is 7.47. The van der Waals surface area contributed by atoms with Crippen molar-refractivity contribution in [2.45, 2.75) is 31.3 Å². The maximum atomic E-state index is 13.7. The molecule has 186 valence electrons. The van der Waals surface area contributed by atoms with E-state index in [1.54, 1.807) is 11.0 Å². The number of carbonyl (C=O) groups excluding carboxylic acids is 3. The van der Waals surface area contributed by atoms with Gasteiger partial charge in [0.1, 0.15) is 5.54 Å². The molecular formula is C29H31N3O4. The Labute approximate surface area is 210 Å². The van der Waals surface area contributed by atoms with E-state index < -0.39 is 11.6 Å². The van der Waals surface area contributed by atoms with Crippen LogP contribution >= 0.6 is 0 Å². The molecule has 0 unspecified atom stereocenters. The molecule has 2 aliphatic heterocycles. The molecule has 0 aromatic heterocycles. The molecule has 0 saturated carbocycles. The van der Waals surface area contributed by atoms with Crippen LogP contribution in [0.25, 0.3) is 10.8 Å². The Hall–Kier alpha value is -3.55. The molecule has 3 aromatic rings. The van der Waals surface area contributed by atoms with Crippen molar-refractivity contribution in [2.24, 2.45) is 0 Å². The Kier molecular flexibility index (Phi) is 6.85. The van der Waals surface area contributed by atoms with Crippen molar-refractivity contribution in [1.82, 2.24) is 14.7 Å². The van der Waals surface area contributed by atoms with Crippen LogP contribution in [-0.2, 0) is 11.3 Å². The average molecular weight is 486 g/mol. The Morgan fingerprint density at radius 2 is 1.58 bits per heavy atom. The molecule has 2 aliphatic rings. The van der Waals surface area contributed by atoms with E-state index >= 15 is 0 Å².